The summed E-state index contributed by atoms with van der Waals surface area (Å²) in [5.74, 6) is -5.11. The summed E-state index contributed by atoms with van der Waals surface area (Å²) in [5.41, 5.74) is 0.305. The van der Waals surface area contributed by atoms with E-state index in [4.69, 9.17) is 9.47 Å². The highest BCUT2D eigenvalue weighted by molar-refractivity contribution is 9.16. The average Bonchev–Trinajstić information content (AvgIpc) is 3.28. The molecule has 218 valence electrons. The van der Waals surface area contributed by atoms with E-state index in [0.717, 1.165) is 16.6 Å². The van der Waals surface area contributed by atoms with Crippen LogP contribution in [-0.4, -0.2) is 30.4 Å². The second-order valence-corrected chi connectivity index (χ2v) is 13.0. The number of allylic oxidation sites excluding steroid dienone is 4. The van der Waals surface area contributed by atoms with E-state index in [1.165, 1.54) is 14.2 Å². The molecular formula is C26H15Br6F4NO4. The normalized spacial score (nSPS) is 12.9. The number of carbonyl (C=O) groups is 2. The Hall–Kier alpha value is -1.26. The third-order valence-corrected chi connectivity index (χ3v) is 12.7. The maximum absolute atomic E-state index is 13.7. The van der Waals surface area contributed by atoms with E-state index >= 15 is 0 Å². The molecule has 0 atom stereocenters. The monoisotopic (exact) mass is 955 g/mol. The van der Waals surface area contributed by atoms with Gasteiger partial charge >= 0.3 is 0 Å². The zero-order chi connectivity index (χ0) is 30.9. The zero-order valence-electron chi connectivity index (χ0n) is 20.9. The van der Waals surface area contributed by atoms with Gasteiger partial charge in [-0.25, -0.2) is 17.6 Å². The summed E-state index contributed by atoms with van der Waals surface area (Å²) in [6, 6.07) is 3.27. The first-order valence-electron chi connectivity index (χ1n) is 10.9. The third-order valence-electron chi connectivity index (χ3n) is 5.64. The molecule has 41 heavy (non-hydrogen) atoms. The molecule has 0 bridgehead atoms. The van der Waals surface area contributed by atoms with Crippen LogP contribution < -0.4 is 9.47 Å². The number of ether oxygens (including phenoxy) is 2. The minimum absolute atomic E-state index is 0.139. The maximum Gasteiger partial charge on any atom is 0.214 e. The van der Waals surface area contributed by atoms with Crippen LogP contribution in [0.25, 0.3) is 0 Å². The fraction of sp³-hybridized carbons (Fsp3) is 0.154. The van der Waals surface area contributed by atoms with E-state index < -0.39 is 34.8 Å². The Kier molecular flexibility index (Phi) is 11.7. The number of methoxy groups -OCH3 is 2. The van der Waals surface area contributed by atoms with Crippen LogP contribution in [0.1, 0.15) is 32.8 Å². The SMILES string of the molecule is COc1c(F)cc(F)cc1C(=O)C1=C(Br)C(Br)=C(Br)C1.COc1c(F)cc(F)cc1C(=O)c1c(Br)c(Br)c(Br)n1C. The van der Waals surface area contributed by atoms with Gasteiger partial charge in [-0.05, 0) is 91.8 Å². The Bertz CT molecular complexity index is 1630. The minimum atomic E-state index is -0.927. The van der Waals surface area contributed by atoms with E-state index in [1.54, 1.807) is 11.6 Å². The predicted octanol–water partition coefficient (Wildman–Crippen LogP) is 10.0. The van der Waals surface area contributed by atoms with Gasteiger partial charge in [0.05, 0.1) is 34.3 Å². The van der Waals surface area contributed by atoms with Gasteiger partial charge in [-0.2, -0.15) is 0 Å². The molecule has 15 heteroatoms. The Morgan fingerprint density at radius 1 is 0.732 bits per heavy atom. The Morgan fingerprint density at radius 3 is 1.56 bits per heavy atom. The number of ketones is 2. The number of carbonyl (C=O) groups excluding carboxylic acids is 2. The smallest absolute Gasteiger partial charge is 0.214 e. The molecule has 0 aliphatic heterocycles. The standard InChI is InChI=1S/C13H8Br3F2NO2.C13H7Br3F2O2/c1-19-10(8(14)9(15)13(19)16)11(20)6-3-5(17)4-7(18)12(6)21-2;1-20-13-7(2-5(17)3-9(13)18)12(19)6-4-8(14)11(16)10(6)15/h3-4H,1-2H3;2-3H,4H2,1H3. The predicted molar refractivity (Wildman–Crippen MR) is 168 cm³/mol. The molecule has 0 fully saturated rings. The second-order valence-electron chi connectivity index (χ2n) is 8.11. The first-order chi connectivity index (χ1) is 19.2. The van der Waals surface area contributed by atoms with Crippen molar-refractivity contribution in [3.05, 3.63) is 96.9 Å². The topological polar surface area (TPSA) is 57.5 Å². The molecule has 2 aromatic carbocycles. The van der Waals surface area contributed by atoms with E-state index in [-0.39, 0.29) is 28.3 Å². The van der Waals surface area contributed by atoms with Crippen LogP contribution in [0.3, 0.4) is 0 Å². The lowest BCUT2D eigenvalue weighted by atomic mass is 10.0. The average molecular weight is 961 g/mol. The molecule has 0 spiro atoms. The molecule has 0 N–H and O–H groups in total. The van der Waals surface area contributed by atoms with Crippen molar-refractivity contribution in [2.45, 2.75) is 6.42 Å². The van der Waals surface area contributed by atoms with Crippen molar-refractivity contribution in [3.63, 3.8) is 0 Å². The number of Topliss-reactive ketones (excluding diaryl/α,β-unsaturated/α-hetero) is 1. The molecular weight excluding hydrogens is 946 g/mol. The molecule has 1 aliphatic carbocycles. The van der Waals surface area contributed by atoms with Gasteiger partial charge in [0.2, 0.25) is 5.78 Å². The quantitative estimate of drug-likeness (QED) is 0.183. The largest absolute Gasteiger partial charge is 0.493 e. The van der Waals surface area contributed by atoms with Crippen LogP contribution in [0.5, 0.6) is 11.5 Å². The van der Waals surface area contributed by atoms with E-state index in [9.17, 15) is 27.2 Å². The fourth-order valence-corrected chi connectivity index (χ4v) is 7.16. The number of benzene rings is 2. The van der Waals surface area contributed by atoms with Crippen LogP contribution in [0, 0.1) is 23.3 Å². The number of hydrogen-bond donors (Lipinski definition) is 0. The Labute approximate surface area is 282 Å². The Morgan fingerprint density at radius 2 is 1.20 bits per heavy atom. The summed E-state index contributed by atoms with van der Waals surface area (Å²) < 4.78 is 69.2. The molecule has 0 saturated carbocycles. The highest BCUT2D eigenvalue weighted by atomic mass is 79.9. The summed E-state index contributed by atoms with van der Waals surface area (Å²) in [6.45, 7) is 0. The van der Waals surface area contributed by atoms with Gasteiger partial charge in [-0.1, -0.05) is 15.9 Å². The fourth-order valence-electron chi connectivity index (χ4n) is 3.74. The van der Waals surface area contributed by atoms with Gasteiger partial charge in [0.25, 0.3) is 0 Å². The molecule has 5 nitrogen and oxygen atoms in total. The molecule has 0 radical (unpaired) electrons. The number of nitrogens with zero attached hydrogens (tertiary/aromatic N) is 1. The van der Waals surface area contributed by atoms with Gasteiger partial charge in [-0.15, -0.1) is 0 Å². The summed E-state index contributed by atoms with van der Waals surface area (Å²) in [7, 11) is 4.10. The van der Waals surface area contributed by atoms with Gasteiger partial charge < -0.3 is 14.0 Å². The van der Waals surface area contributed by atoms with E-state index in [2.05, 4.69) is 95.6 Å². The molecule has 3 aromatic rings. The van der Waals surface area contributed by atoms with Crippen LogP contribution in [0.2, 0.25) is 0 Å². The molecule has 0 saturated heterocycles. The second kappa shape index (κ2) is 14.0. The van der Waals surface area contributed by atoms with Crippen LogP contribution in [0.15, 0.2) is 56.8 Å². The number of hydrogen-bond acceptors (Lipinski definition) is 4. The summed E-state index contributed by atoms with van der Waals surface area (Å²) in [4.78, 5) is 25.1. The number of halogens is 10. The first kappa shape index (κ1) is 34.2. The van der Waals surface area contributed by atoms with Crippen molar-refractivity contribution in [2.75, 3.05) is 14.2 Å². The van der Waals surface area contributed by atoms with Gasteiger partial charge in [-0.3, -0.25) is 9.59 Å². The summed E-state index contributed by atoms with van der Waals surface area (Å²) in [5, 5.41) is 0. The van der Waals surface area contributed by atoms with Crippen LogP contribution >= 0.6 is 95.6 Å². The van der Waals surface area contributed by atoms with Gasteiger partial charge in [0, 0.05) is 44.6 Å². The molecule has 1 heterocycles. The highest BCUT2D eigenvalue weighted by Gasteiger charge is 2.29. The van der Waals surface area contributed by atoms with Crippen molar-refractivity contribution in [1.82, 2.24) is 4.57 Å². The highest BCUT2D eigenvalue weighted by Crippen LogP contribution is 2.44. The summed E-state index contributed by atoms with van der Waals surface area (Å²) in [6.07, 6.45) is 0.335. The van der Waals surface area contributed by atoms with Gasteiger partial charge in [0.15, 0.2) is 28.9 Å². The lowest BCUT2D eigenvalue weighted by molar-refractivity contribution is 0.101. The number of rotatable bonds is 6. The molecule has 4 rings (SSSR count). The van der Waals surface area contributed by atoms with Crippen LogP contribution in [0.4, 0.5) is 17.6 Å². The van der Waals surface area contributed by atoms with Crippen molar-refractivity contribution in [2.24, 2.45) is 7.05 Å². The molecule has 1 aromatic heterocycles. The van der Waals surface area contributed by atoms with E-state index in [1.807, 2.05) is 0 Å². The van der Waals surface area contributed by atoms with Gasteiger partial charge in [0.1, 0.15) is 21.9 Å². The Balaban J connectivity index is 0.000000226. The number of aromatic nitrogens is 1. The molecule has 1 aliphatic rings. The molecule has 0 amide bonds. The lowest BCUT2D eigenvalue weighted by Crippen LogP contribution is -2.11. The summed E-state index contributed by atoms with van der Waals surface area (Å²) >= 11 is 19.8. The van der Waals surface area contributed by atoms with Crippen molar-refractivity contribution >= 4 is 107 Å². The zero-order valence-corrected chi connectivity index (χ0v) is 30.4. The molecule has 0 unspecified atom stereocenters. The van der Waals surface area contributed by atoms with Crippen LogP contribution in [-0.2, 0) is 7.05 Å². The van der Waals surface area contributed by atoms with Crippen molar-refractivity contribution < 1.29 is 36.6 Å². The van der Waals surface area contributed by atoms with Crippen molar-refractivity contribution in [1.29, 1.82) is 0 Å². The van der Waals surface area contributed by atoms with Crippen molar-refractivity contribution in [3.8, 4) is 11.5 Å². The first-order valence-corrected chi connectivity index (χ1v) is 15.7. The maximum atomic E-state index is 13.7. The van der Waals surface area contributed by atoms with E-state index in [0.29, 0.717) is 46.6 Å². The third kappa shape index (κ3) is 6.95. The minimum Gasteiger partial charge on any atom is -0.493 e. The lowest BCUT2D eigenvalue weighted by Gasteiger charge is -2.10.